The molecule has 0 aromatic heterocycles. The highest BCUT2D eigenvalue weighted by Gasteiger charge is 2.12. The molecular formula is C11H14N2O3. The van der Waals surface area contributed by atoms with Crippen LogP contribution in [0, 0.1) is 0 Å². The second kappa shape index (κ2) is 6.58. The monoisotopic (exact) mass is 222 g/mol. The molecule has 3 N–H and O–H groups in total. The summed E-state index contributed by atoms with van der Waals surface area (Å²) in [6, 6.07) is 8.73. The zero-order valence-corrected chi connectivity index (χ0v) is 8.77. The second-order valence-corrected chi connectivity index (χ2v) is 3.15. The van der Waals surface area contributed by atoms with Crippen LogP contribution in [0.3, 0.4) is 0 Å². The van der Waals surface area contributed by atoms with Gasteiger partial charge in [-0.15, -0.1) is 0 Å². The van der Waals surface area contributed by atoms with Crippen molar-refractivity contribution in [3.05, 3.63) is 30.3 Å². The van der Waals surface area contributed by atoms with Crippen molar-refractivity contribution in [3.8, 4) is 0 Å². The molecule has 0 radical (unpaired) electrons. The first-order valence-corrected chi connectivity index (χ1v) is 4.99. The zero-order valence-electron chi connectivity index (χ0n) is 8.77. The molecule has 0 fully saturated rings. The van der Waals surface area contributed by atoms with Gasteiger partial charge in [0, 0.05) is 18.8 Å². The molecule has 0 aliphatic rings. The maximum Gasteiger partial charge on any atom is 0.313 e. The SMILES string of the molecule is O=C(NCCCO)C(=O)Nc1ccccc1. The van der Waals surface area contributed by atoms with Crippen LogP contribution in [0.2, 0.25) is 0 Å². The van der Waals surface area contributed by atoms with Crippen LogP contribution in [0.25, 0.3) is 0 Å². The van der Waals surface area contributed by atoms with E-state index in [1.165, 1.54) is 0 Å². The molecule has 0 aliphatic carbocycles. The highest BCUT2D eigenvalue weighted by atomic mass is 16.3. The number of amides is 2. The number of aliphatic hydroxyl groups is 1. The average Bonchev–Trinajstić information content (AvgIpc) is 2.30. The van der Waals surface area contributed by atoms with Crippen LogP contribution in [0.5, 0.6) is 0 Å². The van der Waals surface area contributed by atoms with Gasteiger partial charge in [0.15, 0.2) is 0 Å². The number of aliphatic hydroxyl groups excluding tert-OH is 1. The Hall–Kier alpha value is -1.88. The van der Waals surface area contributed by atoms with E-state index in [4.69, 9.17) is 5.11 Å². The quantitative estimate of drug-likeness (QED) is 0.500. The van der Waals surface area contributed by atoms with Gasteiger partial charge in [-0.2, -0.15) is 0 Å². The Kier molecular flexibility index (Phi) is 5.01. The van der Waals surface area contributed by atoms with Crippen molar-refractivity contribution in [3.63, 3.8) is 0 Å². The molecule has 0 spiro atoms. The Bertz CT molecular complexity index is 352. The van der Waals surface area contributed by atoms with Crippen LogP contribution in [0.1, 0.15) is 6.42 Å². The lowest BCUT2D eigenvalue weighted by Gasteiger charge is -2.05. The molecule has 1 aromatic carbocycles. The van der Waals surface area contributed by atoms with Gasteiger partial charge in [0.1, 0.15) is 0 Å². The highest BCUT2D eigenvalue weighted by molar-refractivity contribution is 6.39. The Morgan fingerprint density at radius 2 is 1.81 bits per heavy atom. The van der Waals surface area contributed by atoms with Crippen molar-refractivity contribution in [2.24, 2.45) is 0 Å². The molecular weight excluding hydrogens is 208 g/mol. The summed E-state index contributed by atoms with van der Waals surface area (Å²) in [7, 11) is 0. The van der Waals surface area contributed by atoms with Crippen LogP contribution < -0.4 is 10.6 Å². The van der Waals surface area contributed by atoms with E-state index in [1.807, 2.05) is 6.07 Å². The van der Waals surface area contributed by atoms with Gasteiger partial charge in [-0.3, -0.25) is 9.59 Å². The van der Waals surface area contributed by atoms with E-state index in [1.54, 1.807) is 24.3 Å². The Morgan fingerprint density at radius 3 is 2.44 bits per heavy atom. The lowest BCUT2D eigenvalue weighted by molar-refractivity contribution is -0.136. The number of carbonyl (C=O) groups excluding carboxylic acids is 2. The first-order valence-electron chi connectivity index (χ1n) is 4.99. The normalized spacial score (nSPS) is 9.56. The largest absolute Gasteiger partial charge is 0.396 e. The molecule has 0 saturated heterocycles. The fraction of sp³-hybridized carbons (Fsp3) is 0.273. The summed E-state index contributed by atoms with van der Waals surface area (Å²) in [5, 5.41) is 13.3. The van der Waals surface area contributed by atoms with Gasteiger partial charge in [-0.1, -0.05) is 18.2 Å². The van der Waals surface area contributed by atoms with Gasteiger partial charge in [-0.05, 0) is 18.6 Å². The minimum Gasteiger partial charge on any atom is -0.396 e. The van der Waals surface area contributed by atoms with E-state index in [0.29, 0.717) is 12.1 Å². The third-order valence-electron chi connectivity index (χ3n) is 1.86. The summed E-state index contributed by atoms with van der Waals surface area (Å²) < 4.78 is 0. The van der Waals surface area contributed by atoms with Gasteiger partial charge in [0.25, 0.3) is 0 Å². The molecule has 0 bridgehead atoms. The fourth-order valence-corrected chi connectivity index (χ4v) is 1.07. The number of para-hydroxylation sites is 1. The smallest absolute Gasteiger partial charge is 0.313 e. The van der Waals surface area contributed by atoms with Crippen molar-refractivity contribution >= 4 is 17.5 Å². The summed E-state index contributed by atoms with van der Waals surface area (Å²) in [5.74, 6) is -1.40. The summed E-state index contributed by atoms with van der Waals surface area (Å²) >= 11 is 0. The molecule has 16 heavy (non-hydrogen) atoms. The number of rotatable bonds is 4. The van der Waals surface area contributed by atoms with E-state index < -0.39 is 11.8 Å². The molecule has 0 heterocycles. The van der Waals surface area contributed by atoms with Gasteiger partial charge < -0.3 is 15.7 Å². The van der Waals surface area contributed by atoms with Crippen molar-refractivity contribution in [1.82, 2.24) is 5.32 Å². The molecule has 5 nitrogen and oxygen atoms in total. The van der Waals surface area contributed by atoms with Crippen LogP contribution >= 0.6 is 0 Å². The molecule has 0 aliphatic heterocycles. The summed E-state index contributed by atoms with van der Waals surface area (Å²) in [6.07, 6.45) is 0.435. The van der Waals surface area contributed by atoms with E-state index in [0.717, 1.165) is 0 Å². The van der Waals surface area contributed by atoms with Crippen LogP contribution in [-0.2, 0) is 9.59 Å². The molecule has 1 aromatic rings. The van der Waals surface area contributed by atoms with Gasteiger partial charge in [0.05, 0.1) is 0 Å². The lowest BCUT2D eigenvalue weighted by atomic mass is 10.3. The number of nitrogens with one attached hydrogen (secondary N) is 2. The predicted molar refractivity (Wildman–Crippen MR) is 59.8 cm³/mol. The highest BCUT2D eigenvalue weighted by Crippen LogP contribution is 2.04. The van der Waals surface area contributed by atoms with Crippen molar-refractivity contribution in [1.29, 1.82) is 0 Å². The predicted octanol–water partition coefficient (Wildman–Crippen LogP) is 0.124. The van der Waals surface area contributed by atoms with Gasteiger partial charge >= 0.3 is 11.8 Å². The molecule has 0 saturated carbocycles. The Balaban J connectivity index is 2.38. The summed E-state index contributed by atoms with van der Waals surface area (Å²) in [5.41, 5.74) is 0.574. The molecule has 5 heteroatoms. The molecule has 0 atom stereocenters. The topological polar surface area (TPSA) is 78.4 Å². The van der Waals surface area contributed by atoms with Gasteiger partial charge in [0.2, 0.25) is 0 Å². The Morgan fingerprint density at radius 1 is 1.12 bits per heavy atom. The lowest BCUT2D eigenvalue weighted by Crippen LogP contribution is -2.36. The third-order valence-corrected chi connectivity index (χ3v) is 1.86. The molecule has 1 rings (SSSR count). The number of benzene rings is 1. The van der Waals surface area contributed by atoms with Crippen LogP contribution in [0.4, 0.5) is 5.69 Å². The zero-order chi connectivity index (χ0) is 11.8. The maximum atomic E-state index is 11.3. The van der Waals surface area contributed by atoms with Gasteiger partial charge in [-0.25, -0.2) is 0 Å². The van der Waals surface area contributed by atoms with E-state index in [2.05, 4.69) is 10.6 Å². The number of hydrogen-bond donors (Lipinski definition) is 3. The van der Waals surface area contributed by atoms with Crippen molar-refractivity contribution < 1.29 is 14.7 Å². The molecule has 86 valence electrons. The summed E-state index contributed by atoms with van der Waals surface area (Å²) in [6.45, 7) is 0.276. The maximum absolute atomic E-state index is 11.3. The number of carbonyl (C=O) groups is 2. The first-order chi connectivity index (χ1) is 7.74. The van der Waals surface area contributed by atoms with Crippen molar-refractivity contribution in [2.45, 2.75) is 6.42 Å². The number of hydrogen-bond acceptors (Lipinski definition) is 3. The standard InChI is InChI=1S/C11H14N2O3/c14-8-4-7-12-10(15)11(16)13-9-5-2-1-3-6-9/h1-3,5-6,14H,4,7-8H2,(H,12,15)(H,13,16). The molecule has 0 unspecified atom stereocenters. The van der Waals surface area contributed by atoms with Crippen LogP contribution in [0.15, 0.2) is 30.3 Å². The average molecular weight is 222 g/mol. The van der Waals surface area contributed by atoms with Crippen LogP contribution in [-0.4, -0.2) is 30.1 Å². The van der Waals surface area contributed by atoms with E-state index in [9.17, 15) is 9.59 Å². The van der Waals surface area contributed by atoms with E-state index >= 15 is 0 Å². The minimum absolute atomic E-state index is 0.0133. The second-order valence-electron chi connectivity index (χ2n) is 3.15. The van der Waals surface area contributed by atoms with Crippen molar-refractivity contribution in [2.75, 3.05) is 18.5 Å². The van der Waals surface area contributed by atoms with E-state index in [-0.39, 0.29) is 13.2 Å². The fourth-order valence-electron chi connectivity index (χ4n) is 1.07. The third kappa shape index (κ3) is 4.10. The number of anilines is 1. The molecule has 2 amide bonds. The first kappa shape index (κ1) is 12.2. The minimum atomic E-state index is -0.705. The Labute approximate surface area is 93.5 Å². The summed E-state index contributed by atoms with van der Waals surface area (Å²) in [4.78, 5) is 22.5.